The summed E-state index contributed by atoms with van der Waals surface area (Å²) in [5.41, 5.74) is 1.13. The monoisotopic (exact) mass is 492 g/mol. The van der Waals surface area contributed by atoms with E-state index in [1.165, 1.54) is 6.07 Å². The molecule has 0 saturated carbocycles. The maximum absolute atomic E-state index is 14.7. The highest BCUT2D eigenvalue weighted by molar-refractivity contribution is 6.29. The zero-order chi connectivity index (χ0) is 24.5. The first-order chi connectivity index (χ1) is 16.9. The number of fused-ring (bicyclic) bond motifs is 1. The number of aromatic amines is 1. The molecule has 0 unspecified atom stereocenters. The van der Waals surface area contributed by atoms with E-state index >= 15 is 0 Å². The first-order valence-corrected chi connectivity index (χ1v) is 11.5. The fourth-order valence-corrected chi connectivity index (χ4v) is 4.54. The van der Waals surface area contributed by atoms with Crippen molar-refractivity contribution in [3.63, 3.8) is 0 Å². The molecular formula is C25H22ClFN6O2. The Bertz CT molecular complexity index is 1460. The number of likely N-dealkylation sites (tertiary alicyclic amines) is 1. The van der Waals surface area contributed by atoms with E-state index in [2.05, 4.69) is 20.4 Å². The minimum atomic E-state index is -0.571. The summed E-state index contributed by atoms with van der Waals surface area (Å²) in [6.07, 6.45) is 1.07. The lowest BCUT2D eigenvalue weighted by molar-refractivity contribution is 0.0786. The third-order valence-corrected chi connectivity index (χ3v) is 6.59. The number of rotatable bonds is 5. The maximum Gasteiger partial charge on any atom is 0.272 e. The van der Waals surface area contributed by atoms with E-state index in [-0.39, 0.29) is 23.1 Å². The molecular weight excluding hydrogens is 471 g/mol. The van der Waals surface area contributed by atoms with Gasteiger partial charge in [0.05, 0.1) is 16.6 Å². The summed E-state index contributed by atoms with van der Waals surface area (Å²) >= 11 is 5.82. The van der Waals surface area contributed by atoms with Crippen molar-refractivity contribution in [2.45, 2.75) is 18.9 Å². The highest BCUT2D eigenvalue weighted by Crippen LogP contribution is 2.24. The van der Waals surface area contributed by atoms with Gasteiger partial charge in [-0.3, -0.25) is 9.59 Å². The number of hydrogen-bond donors (Lipinski definition) is 1. The Balaban J connectivity index is 1.35. The molecule has 4 aromatic rings. The van der Waals surface area contributed by atoms with Crippen molar-refractivity contribution < 1.29 is 9.18 Å². The molecule has 1 aliphatic heterocycles. The van der Waals surface area contributed by atoms with Crippen LogP contribution in [0.25, 0.3) is 10.8 Å². The van der Waals surface area contributed by atoms with E-state index in [0.717, 1.165) is 17.4 Å². The van der Waals surface area contributed by atoms with Crippen molar-refractivity contribution in [3.05, 3.63) is 92.7 Å². The fourth-order valence-electron chi connectivity index (χ4n) is 4.44. The van der Waals surface area contributed by atoms with Gasteiger partial charge >= 0.3 is 0 Å². The molecule has 5 rings (SSSR count). The highest BCUT2D eigenvalue weighted by atomic mass is 35.5. The van der Waals surface area contributed by atoms with Gasteiger partial charge in [-0.15, -0.1) is 10.2 Å². The van der Waals surface area contributed by atoms with Crippen molar-refractivity contribution in [2.75, 3.05) is 25.0 Å². The van der Waals surface area contributed by atoms with Gasteiger partial charge in [0.1, 0.15) is 5.82 Å². The normalized spacial score (nSPS) is 15.5. The molecule has 0 spiro atoms. The number of halogens is 2. The zero-order valence-electron chi connectivity index (χ0n) is 18.9. The number of H-pyrrole nitrogens is 1. The second kappa shape index (κ2) is 9.42. The molecule has 0 radical (unpaired) electrons. The van der Waals surface area contributed by atoms with Gasteiger partial charge in [-0.2, -0.15) is 5.10 Å². The van der Waals surface area contributed by atoms with Crippen LogP contribution in [0.4, 0.5) is 10.2 Å². The Kier molecular flexibility index (Phi) is 6.17. The molecule has 3 heterocycles. The number of benzene rings is 2. The van der Waals surface area contributed by atoms with E-state index < -0.39 is 5.82 Å². The number of likely N-dealkylation sites (N-methyl/N-ethyl adjacent to an activating group) is 1. The highest BCUT2D eigenvalue weighted by Gasteiger charge is 2.31. The fraction of sp³-hybridized carbons (Fsp3) is 0.240. The van der Waals surface area contributed by atoms with Gasteiger partial charge in [0, 0.05) is 38.0 Å². The predicted octanol–water partition coefficient (Wildman–Crippen LogP) is 3.45. The standard InChI is InChI=1S/C25H22ClFN6O2/c1-32(23-9-8-22(26)29-30-23)16-10-11-33(14-16)25(35)19-12-15(6-7-20(19)27)13-21-17-4-2-3-5-18(17)24(34)31-28-21/h2-9,12,16H,10-11,13-14H2,1H3,(H,31,34)/t16-/m0/s1. The summed E-state index contributed by atoms with van der Waals surface area (Å²) in [6.45, 7) is 0.945. The number of amides is 1. The minimum Gasteiger partial charge on any atom is -0.353 e. The van der Waals surface area contributed by atoms with Gasteiger partial charge in [-0.1, -0.05) is 35.9 Å². The minimum absolute atomic E-state index is 0.0193. The third kappa shape index (κ3) is 4.59. The molecule has 1 aliphatic rings. The quantitative estimate of drug-likeness (QED) is 0.458. The first kappa shape index (κ1) is 22.9. The van der Waals surface area contributed by atoms with E-state index in [1.807, 2.05) is 24.1 Å². The van der Waals surface area contributed by atoms with Crippen LogP contribution in [-0.4, -0.2) is 57.4 Å². The van der Waals surface area contributed by atoms with Crippen LogP contribution in [0.15, 0.2) is 59.4 Å². The van der Waals surface area contributed by atoms with Crippen molar-refractivity contribution in [2.24, 2.45) is 0 Å². The van der Waals surface area contributed by atoms with Crippen LogP contribution in [0.5, 0.6) is 0 Å². The van der Waals surface area contributed by atoms with Crippen LogP contribution in [0, 0.1) is 5.82 Å². The van der Waals surface area contributed by atoms with Crippen molar-refractivity contribution in [3.8, 4) is 0 Å². The summed E-state index contributed by atoms with van der Waals surface area (Å²) in [6, 6.07) is 15.2. The Labute approximate surface area is 205 Å². The van der Waals surface area contributed by atoms with Gasteiger partial charge < -0.3 is 9.80 Å². The van der Waals surface area contributed by atoms with Gasteiger partial charge in [0.2, 0.25) is 0 Å². The van der Waals surface area contributed by atoms with Crippen LogP contribution < -0.4 is 10.5 Å². The van der Waals surface area contributed by atoms with Crippen molar-refractivity contribution in [1.29, 1.82) is 0 Å². The van der Waals surface area contributed by atoms with Crippen molar-refractivity contribution >= 4 is 34.1 Å². The first-order valence-electron chi connectivity index (χ1n) is 11.2. The molecule has 2 aromatic heterocycles. The molecule has 0 aliphatic carbocycles. The SMILES string of the molecule is CN(c1ccc(Cl)nn1)[C@H]1CCN(C(=O)c2cc(Cc3n[nH]c(=O)c4ccccc34)ccc2F)C1. The molecule has 1 fully saturated rings. The molecule has 35 heavy (non-hydrogen) atoms. The summed E-state index contributed by atoms with van der Waals surface area (Å²) < 4.78 is 14.7. The molecule has 8 nitrogen and oxygen atoms in total. The summed E-state index contributed by atoms with van der Waals surface area (Å²) in [7, 11) is 1.89. The lowest BCUT2D eigenvalue weighted by Crippen LogP contribution is -2.37. The lowest BCUT2D eigenvalue weighted by Gasteiger charge is -2.25. The van der Waals surface area contributed by atoms with Crippen molar-refractivity contribution in [1.82, 2.24) is 25.3 Å². The van der Waals surface area contributed by atoms with Crippen LogP contribution >= 0.6 is 11.6 Å². The van der Waals surface area contributed by atoms with Gasteiger partial charge in [0.15, 0.2) is 11.0 Å². The van der Waals surface area contributed by atoms with Gasteiger partial charge in [0.25, 0.3) is 11.5 Å². The molecule has 178 valence electrons. The third-order valence-electron chi connectivity index (χ3n) is 6.39. The Morgan fingerprint density at radius 2 is 1.97 bits per heavy atom. The Morgan fingerprint density at radius 1 is 1.17 bits per heavy atom. The van der Waals surface area contributed by atoms with Crippen LogP contribution in [0.2, 0.25) is 5.15 Å². The zero-order valence-corrected chi connectivity index (χ0v) is 19.7. The van der Waals surface area contributed by atoms with Crippen LogP contribution in [0.1, 0.15) is 28.0 Å². The second-order valence-corrected chi connectivity index (χ2v) is 8.94. The Morgan fingerprint density at radius 3 is 2.74 bits per heavy atom. The number of carbonyl (C=O) groups excluding carboxylic acids is 1. The lowest BCUT2D eigenvalue weighted by atomic mass is 10.0. The average Bonchev–Trinajstić information content (AvgIpc) is 3.37. The van der Waals surface area contributed by atoms with Crippen LogP contribution in [-0.2, 0) is 6.42 Å². The summed E-state index contributed by atoms with van der Waals surface area (Å²) in [4.78, 5) is 28.9. The van der Waals surface area contributed by atoms with Gasteiger partial charge in [-0.25, -0.2) is 9.49 Å². The van der Waals surface area contributed by atoms with E-state index in [9.17, 15) is 14.0 Å². The van der Waals surface area contributed by atoms with E-state index in [4.69, 9.17) is 11.6 Å². The molecule has 0 bridgehead atoms. The molecule has 1 saturated heterocycles. The van der Waals surface area contributed by atoms with Gasteiger partial charge in [-0.05, 0) is 42.3 Å². The summed E-state index contributed by atoms with van der Waals surface area (Å²) in [5, 5.41) is 16.2. The average molecular weight is 493 g/mol. The number of nitrogens with one attached hydrogen (secondary N) is 1. The second-order valence-electron chi connectivity index (χ2n) is 8.55. The number of hydrogen-bond acceptors (Lipinski definition) is 6. The van der Waals surface area contributed by atoms with E-state index in [1.54, 1.807) is 41.3 Å². The number of aromatic nitrogens is 4. The van der Waals surface area contributed by atoms with Crippen LogP contribution in [0.3, 0.4) is 0 Å². The predicted molar refractivity (Wildman–Crippen MR) is 131 cm³/mol. The molecule has 1 N–H and O–H groups in total. The topological polar surface area (TPSA) is 95.1 Å². The largest absolute Gasteiger partial charge is 0.353 e. The molecule has 1 atom stereocenters. The van der Waals surface area contributed by atoms with E-state index in [0.29, 0.717) is 41.6 Å². The maximum atomic E-state index is 14.7. The summed E-state index contributed by atoms with van der Waals surface area (Å²) in [5.74, 6) is -0.275. The smallest absolute Gasteiger partial charge is 0.272 e. The number of carbonyl (C=O) groups is 1. The Hall–Kier alpha value is -3.85. The molecule has 2 aromatic carbocycles. The molecule has 1 amide bonds. The number of nitrogens with zero attached hydrogens (tertiary/aromatic N) is 5. The number of anilines is 1. The molecule has 10 heteroatoms.